The van der Waals surface area contributed by atoms with Gasteiger partial charge in [0.1, 0.15) is 0 Å². The van der Waals surface area contributed by atoms with Crippen molar-refractivity contribution in [1.29, 1.82) is 0 Å². The van der Waals surface area contributed by atoms with E-state index in [1.807, 2.05) is 36.4 Å². The molecule has 0 saturated carbocycles. The van der Waals surface area contributed by atoms with E-state index in [4.69, 9.17) is 4.84 Å². The van der Waals surface area contributed by atoms with Crippen molar-refractivity contribution in [3.8, 4) is 5.69 Å². The second-order valence-electron chi connectivity index (χ2n) is 11.9. The van der Waals surface area contributed by atoms with E-state index in [0.29, 0.717) is 17.5 Å². The van der Waals surface area contributed by atoms with Crippen molar-refractivity contribution >= 4 is 61.1 Å². The van der Waals surface area contributed by atoms with E-state index in [0.717, 1.165) is 56.3 Å². The number of rotatable bonds is 5. The maximum Gasteiger partial charge on any atom is 0.331 e. The number of fused-ring (bicyclic) bond motifs is 7. The van der Waals surface area contributed by atoms with Crippen molar-refractivity contribution in [3.05, 3.63) is 125 Å². The molecular weight excluding hydrogens is 558 g/mol. The number of oxime groups is 1. The lowest BCUT2D eigenvalue weighted by atomic mass is 9.98. The number of para-hydroxylation sites is 2. The number of ketones is 1. The molecule has 0 spiro atoms. The fourth-order valence-corrected chi connectivity index (χ4v) is 7.14. The molecule has 6 nitrogen and oxygen atoms in total. The Bertz CT molecular complexity index is 2320. The highest BCUT2D eigenvalue weighted by atomic mass is 16.7. The number of aryl methyl sites for hydroxylation is 1. The Hall–Kier alpha value is -5.49. The molecule has 0 aliphatic heterocycles. The summed E-state index contributed by atoms with van der Waals surface area (Å²) in [5.41, 5.74) is 9.77. The summed E-state index contributed by atoms with van der Waals surface area (Å²) in [6.07, 6.45) is 0.716. The average Bonchev–Trinajstić information content (AvgIpc) is 3.68. The molecule has 2 aromatic heterocycles. The molecule has 220 valence electrons. The van der Waals surface area contributed by atoms with Gasteiger partial charge < -0.3 is 14.0 Å². The molecule has 0 radical (unpaired) electrons. The van der Waals surface area contributed by atoms with E-state index in [-0.39, 0.29) is 11.7 Å². The van der Waals surface area contributed by atoms with E-state index in [9.17, 15) is 9.59 Å². The van der Waals surface area contributed by atoms with Crippen molar-refractivity contribution in [2.75, 3.05) is 0 Å². The molecule has 0 amide bonds. The minimum atomic E-state index is -0.432. The second kappa shape index (κ2) is 10.3. The second-order valence-corrected chi connectivity index (χ2v) is 11.9. The lowest BCUT2D eigenvalue weighted by Gasteiger charge is -2.09. The van der Waals surface area contributed by atoms with Crippen LogP contribution in [0.5, 0.6) is 0 Å². The zero-order valence-corrected chi connectivity index (χ0v) is 25.4. The summed E-state index contributed by atoms with van der Waals surface area (Å²) in [5.74, 6) is -0.182. The molecule has 0 fully saturated rings. The molecule has 7 aromatic rings. The fraction of sp³-hybridized carbons (Fsp3) is 0.154. The molecule has 1 aliphatic rings. The van der Waals surface area contributed by atoms with Crippen LogP contribution in [0.4, 0.5) is 0 Å². The molecule has 45 heavy (non-hydrogen) atoms. The minimum Gasteiger partial charge on any atom is -0.341 e. The van der Waals surface area contributed by atoms with Gasteiger partial charge in [0.05, 0.1) is 16.7 Å². The summed E-state index contributed by atoms with van der Waals surface area (Å²) in [6.45, 7) is 6.47. The van der Waals surface area contributed by atoms with Crippen LogP contribution in [0.1, 0.15) is 60.2 Å². The summed E-state index contributed by atoms with van der Waals surface area (Å²) in [4.78, 5) is 30.4. The van der Waals surface area contributed by atoms with E-state index in [1.54, 1.807) is 0 Å². The first kappa shape index (κ1) is 27.1. The number of benzene rings is 5. The van der Waals surface area contributed by atoms with Crippen LogP contribution in [-0.2, 0) is 16.2 Å². The number of nitrogens with zero attached hydrogens (tertiary/aromatic N) is 3. The van der Waals surface area contributed by atoms with Gasteiger partial charge in [-0.25, -0.2) is 4.79 Å². The summed E-state index contributed by atoms with van der Waals surface area (Å²) >= 11 is 0. The SMILES string of the molecule is CCn1c2ccc(C(=O)c3ccc(-n4c5ccccc5c5ccccc54)cc3)cc2c2cc3c(cc21)C(C)C/C3=N\OC(C)=O. The quantitative estimate of drug-likeness (QED) is 0.114. The Morgan fingerprint density at radius 3 is 2.07 bits per heavy atom. The molecule has 0 bridgehead atoms. The smallest absolute Gasteiger partial charge is 0.331 e. The van der Waals surface area contributed by atoms with Crippen molar-refractivity contribution in [3.63, 3.8) is 0 Å². The Balaban J connectivity index is 1.20. The van der Waals surface area contributed by atoms with Crippen LogP contribution < -0.4 is 0 Å². The first-order valence-corrected chi connectivity index (χ1v) is 15.4. The number of hydrogen-bond acceptors (Lipinski definition) is 4. The Kier molecular flexibility index (Phi) is 6.20. The molecular formula is C39H31N3O3. The van der Waals surface area contributed by atoms with Gasteiger partial charge in [0.15, 0.2) is 5.78 Å². The van der Waals surface area contributed by atoms with E-state index in [2.05, 4.69) is 94.9 Å². The predicted molar refractivity (Wildman–Crippen MR) is 181 cm³/mol. The lowest BCUT2D eigenvalue weighted by molar-refractivity contribution is -0.140. The van der Waals surface area contributed by atoms with Crippen molar-refractivity contribution in [1.82, 2.24) is 9.13 Å². The van der Waals surface area contributed by atoms with Crippen LogP contribution in [-0.4, -0.2) is 26.6 Å². The van der Waals surface area contributed by atoms with Crippen LogP contribution in [0.25, 0.3) is 49.3 Å². The monoisotopic (exact) mass is 589 g/mol. The van der Waals surface area contributed by atoms with Crippen LogP contribution >= 0.6 is 0 Å². The van der Waals surface area contributed by atoms with Gasteiger partial charge in [0.2, 0.25) is 0 Å². The Morgan fingerprint density at radius 2 is 1.40 bits per heavy atom. The van der Waals surface area contributed by atoms with E-state index >= 15 is 0 Å². The molecule has 0 N–H and O–H groups in total. The maximum atomic E-state index is 13.9. The first-order valence-electron chi connectivity index (χ1n) is 15.4. The molecule has 6 heteroatoms. The van der Waals surface area contributed by atoms with Crippen LogP contribution in [0.15, 0.2) is 108 Å². The maximum absolute atomic E-state index is 13.9. The number of hydrogen-bond donors (Lipinski definition) is 0. The third-order valence-corrected chi connectivity index (χ3v) is 9.21. The molecule has 0 saturated heterocycles. The topological polar surface area (TPSA) is 65.6 Å². The molecule has 8 rings (SSSR count). The van der Waals surface area contributed by atoms with Crippen molar-refractivity contribution < 1.29 is 14.4 Å². The van der Waals surface area contributed by atoms with Gasteiger partial charge in [-0.05, 0) is 85.1 Å². The van der Waals surface area contributed by atoms with Gasteiger partial charge in [0.25, 0.3) is 0 Å². The summed E-state index contributed by atoms with van der Waals surface area (Å²) in [7, 11) is 0. The highest BCUT2D eigenvalue weighted by molar-refractivity contribution is 6.17. The van der Waals surface area contributed by atoms with Crippen molar-refractivity contribution in [2.24, 2.45) is 5.16 Å². The average molecular weight is 590 g/mol. The minimum absolute atomic E-state index is 0.0186. The number of aromatic nitrogens is 2. The largest absolute Gasteiger partial charge is 0.341 e. The summed E-state index contributed by atoms with van der Waals surface area (Å²) in [6, 6.07) is 35.1. The normalized spacial score (nSPS) is 15.4. The van der Waals surface area contributed by atoms with Crippen molar-refractivity contribution in [2.45, 2.75) is 39.7 Å². The van der Waals surface area contributed by atoms with Gasteiger partial charge in [-0.3, -0.25) is 4.79 Å². The van der Waals surface area contributed by atoms with Gasteiger partial charge >= 0.3 is 5.97 Å². The lowest BCUT2D eigenvalue weighted by Crippen LogP contribution is -2.02. The van der Waals surface area contributed by atoms with Gasteiger partial charge in [-0.2, -0.15) is 0 Å². The third-order valence-electron chi connectivity index (χ3n) is 9.21. The zero-order chi connectivity index (χ0) is 30.8. The molecule has 1 atom stereocenters. The molecule has 1 aliphatic carbocycles. The zero-order valence-electron chi connectivity index (χ0n) is 25.4. The van der Waals surface area contributed by atoms with E-state index < -0.39 is 5.97 Å². The Labute approximate surface area is 260 Å². The van der Waals surface area contributed by atoms with Crippen LogP contribution in [0, 0.1) is 0 Å². The van der Waals surface area contributed by atoms with Crippen LogP contribution in [0.2, 0.25) is 0 Å². The predicted octanol–water partition coefficient (Wildman–Crippen LogP) is 8.92. The van der Waals surface area contributed by atoms with Crippen LogP contribution in [0.3, 0.4) is 0 Å². The highest BCUT2D eigenvalue weighted by Gasteiger charge is 2.28. The summed E-state index contributed by atoms with van der Waals surface area (Å²) in [5, 5.41) is 8.67. The number of carbonyl (C=O) groups is 2. The van der Waals surface area contributed by atoms with E-state index in [1.165, 1.54) is 23.3 Å². The van der Waals surface area contributed by atoms with Gasteiger partial charge in [0, 0.05) is 74.8 Å². The molecule has 1 unspecified atom stereocenters. The third kappa shape index (κ3) is 4.20. The van der Waals surface area contributed by atoms with Gasteiger partial charge in [-0.15, -0.1) is 0 Å². The fourth-order valence-electron chi connectivity index (χ4n) is 7.14. The molecule has 2 heterocycles. The Morgan fingerprint density at radius 1 is 0.756 bits per heavy atom. The summed E-state index contributed by atoms with van der Waals surface area (Å²) < 4.78 is 4.55. The standard InChI is InChI=1S/C39H31N3O3/c1-4-41-35-18-15-26(20-32(35)33-21-31-30(22-38(33)41)23(2)19-34(31)40-45-24(3)43)39(44)25-13-16-27(17-14-25)42-36-11-7-5-9-28(36)29-10-6-8-12-37(29)42/h5-18,20-23H,4,19H2,1-3H3/b40-34+. The number of carbonyl (C=O) groups excluding carboxylic acids is 2. The highest BCUT2D eigenvalue weighted by Crippen LogP contribution is 2.40. The van der Waals surface area contributed by atoms with Gasteiger partial charge in [-0.1, -0.05) is 48.5 Å². The first-order chi connectivity index (χ1) is 21.9. The molecule has 5 aromatic carbocycles.